The molecule has 28 heavy (non-hydrogen) atoms. The molecule has 1 saturated carbocycles. The third kappa shape index (κ3) is 4.69. The molecule has 150 valence electrons. The number of nitrogens with zero attached hydrogens (tertiary/aromatic N) is 2. The smallest absolute Gasteiger partial charge is 0.121 e. The van der Waals surface area contributed by atoms with E-state index >= 15 is 0 Å². The van der Waals surface area contributed by atoms with E-state index in [1.807, 2.05) is 0 Å². The molecular formula is C23H32N4S. The van der Waals surface area contributed by atoms with Gasteiger partial charge in [-0.25, -0.2) is 4.99 Å². The fraction of sp³-hybridized carbons (Fsp3) is 0.478. The summed E-state index contributed by atoms with van der Waals surface area (Å²) in [5.41, 5.74) is 8.67. The number of thioether (sulfide) groups is 1. The van der Waals surface area contributed by atoms with Gasteiger partial charge in [-0.2, -0.15) is 0 Å². The fourth-order valence-corrected chi connectivity index (χ4v) is 6.30. The van der Waals surface area contributed by atoms with Gasteiger partial charge in [-0.1, -0.05) is 19.1 Å². The Hall–Kier alpha value is -2.01. The summed E-state index contributed by atoms with van der Waals surface area (Å²) in [4.78, 5) is 8.13. The second-order valence-electron chi connectivity index (χ2n) is 8.06. The first-order valence-electron chi connectivity index (χ1n) is 10.1. The number of aliphatic imine (C=N–C) groups is 1. The first kappa shape index (κ1) is 20.7. The highest BCUT2D eigenvalue weighted by atomic mass is 32.2. The second-order valence-corrected chi connectivity index (χ2v) is 9.55. The van der Waals surface area contributed by atoms with E-state index < -0.39 is 0 Å². The number of nitrogens with two attached hydrogens (primary N) is 1. The number of aryl methyl sites for hydroxylation is 2. The van der Waals surface area contributed by atoms with Crippen LogP contribution in [0.3, 0.4) is 0 Å². The molecule has 1 aliphatic heterocycles. The molecule has 1 aromatic carbocycles. The zero-order valence-corrected chi connectivity index (χ0v) is 17.9. The number of benzene rings is 1. The van der Waals surface area contributed by atoms with Gasteiger partial charge < -0.3 is 16.0 Å². The lowest BCUT2D eigenvalue weighted by Gasteiger charge is -2.50. The summed E-state index contributed by atoms with van der Waals surface area (Å²) < 4.78 is 0.402. The molecule has 0 radical (unpaired) electrons. The van der Waals surface area contributed by atoms with Crippen LogP contribution >= 0.6 is 11.8 Å². The SMILES string of the molecule is C=C(N=C(C=N)C=CN)N1CCC(C2(Sc3cc(C)cc(C)c3)CCC2)CC1. The molecule has 1 aromatic rings. The van der Waals surface area contributed by atoms with Crippen molar-refractivity contribution in [3.05, 3.63) is 54.0 Å². The summed E-state index contributed by atoms with van der Waals surface area (Å²) in [5, 5.41) is 7.43. The molecule has 0 amide bonds. The second kappa shape index (κ2) is 8.99. The summed E-state index contributed by atoms with van der Waals surface area (Å²) in [5.74, 6) is 1.48. The number of hydrogen-bond acceptors (Lipinski definition) is 5. The van der Waals surface area contributed by atoms with Gasteiger partial charge in [-0.15, -0.1) is 11.8 Å². The maximum absolute atomic E-state index is 7.43. The van der Waals surface area contributed by atoms with Gasteiger partial charge in [0.25, 0.3) is 0 Å². The molecule has 0 atom stereocenters. The Morgan fingerprint density at radius 3 is 2.39 bits per heavy atom. The minimum atomic E-state index is 0.402. The molecule has 1 saturated heterocycles. The number of piperidine rings is 1. The van der Waals surface area contributed by atoms with Crippen LogP contribution < -0.4 is 5.73 Å². The maximum atomic E-state index is 7.43. The van der Waals surface area contributed by atoms with E-state index in [9.17, 15) is 0 Å². The molecule has 5 heteroatoms. The molecular weight excluding hydrogens is 364 g/mol. The van der Waals surface area contributed by atoms with Gasteiger partial charge in [-0.05, 0) is 81.0 Å². The largest absolute Gasteiger partial charge is 0.405 e. The van der Waals surface area contributed by atoms with Crippen molar-refractivity contribution < 1.29 is 0 Å². The van der Waals surface area contributed by atoms with E-state index in [0.29, 0.717) is 10.5 Å². The quantitative estimate of drug-likeness (QED) is 0.633. The third-order valence-corrected chi connectivity index (χ3v) is 7.61. The van der Waals surface area contributed by atoms with Crippen LogP contribution in [0.4, 0.5) is 0 Å². The molecule has 0 spiro atoms. The van der Waals surface area contributed by atoms with Gasteiger partial charge in [-0.3, -0.25) is 0 Å². The van der Waals surface area contributed by atoms with Crippen molar-refractivity contribution in [1.29, 1.82) is 5.41 Å². The standard InChI is InChI=1S/C23H32N4S/c1-17-13-18(2)15-22(14-17)28-23(8-4-9-23)20-6-11-27(12-7-20)19(3)26-21(16-25)5-10-24/h5,10,13-16,20,25H,3-4,6-9,11-12,24H2,1-2H3. The van der Waals surface area contributed by atoms with E-state index in [-0.39, 0.29) is 0 Å². The van der Waals surface area contributed by atoms with Crippen molar-refractivity contribution in [2.75, 3.05) is 13.1 Å². The van der Waals surface area contributed by atoms with Crippen molar-refractivity contribution in [2.24, 2.45) is 16.6 Å². The molecule has 0 aromatic heterocycles. The third-order valence-electron chi connectivity index (χ3n) is 5.99. The van der Waals surface area contributed by atoms with Gasteiger partial charge >= 0.3 is 0 Å². The topological polar surface area (TPSA) is 65.5 Å². The molecule has 0 bridgehead atoms. The number of hydrogen-bond donors (Lipinski definition) is 2. The van der Waals surface area contributed by atoms with E-state index in [2.05, 4.69) is 60.3 Å². The molecule has 0 unspecified atom stereocenters. The highest BCUT2D eigenvalue weighted by Gasteiger charge is 2.45. The summed E-state index contributed by atoms with van der Waals surface area (Å²) in [6.45, 7) is 10.5. The van der Waals surface area contributed by atoms with Gasteiger partial charge in [0.2, 0.25) is 0 Å². The average Bonchev–Trinajstić information content (AvgIpc) is 2.63. The summed E-state index contributed by atoms with van der Waals surface area (Å²) in [6.07, 6.45) is 10.6. The van der Waals surface area contributed by atoms with Crippen molar-refractivity contribution in [2.45, 2.75) is 55.6 Å². The molecule has 3 N–H and O–H groups in total. The Bertz CT molecular complexity index is 764. The highest BCUT2D eigenvalue weighted by molar-refractivity contribution is 8.00. The normalized spacial score (nSPS) is 20.2. The minimum absolute atomic E-state index is 0.402. The Morgan fingerprint density at radius 1 is 1.25 bits per heavy atom. The maximum Gasteiger partial charge on any atom is 0.121 e. The predicted molar refractivity (Wildman–Crippen MR) is 121 cm³/mol. The monoisotopic (exact) mass is 396 g/mol. The predicted octanol–water partition coefficient (Wildman–Crippen LogP) is 5.06. The van der Waals surface area contributed by atoms with Gasteiger partial charge in [0, 0.05) is 28.9 Å². The molecule has 1 aliphatic carbocycles. The van der Waals surface area contributed by atoms with Crippen LogP contribution in [0, 0.1) is 25.2 Å². The lowest BCUT2D eigenvalue weighted by atomic mass is 9.71. The Balaban J connectivity index is 1.64. The average molecular weight is 397 g/mol. The van der Waals surface area contributed by atoms with Gasteiger partial charge in [0.05, 0.1) is 5.71 Å². The van der Waals surface area contributed by atoms with Crippen LogP contribution in [0.15, 0.2) is 52.8 Å². The zero-order valence-electron chi connectivity index (χ0n) is 17.1. The molecule has 4 nitrogen and oxygen atoms in total. The van der Waals surface area contributed by atoms with Crippen LogP contribution in [0.2, 0.25) is 0 Å². The van der Waals surface area contributed by atoms with E-state index in [1.54, 1.807) is 6.08 Å². The van der Waals surface area contributed by atoms with Crippen LogP contribution in [-0.2, 0) is 0 Å². The molecule has 3 rings (SSSR count). The first-order chi connectivity index (χ1) is 13.5. The summed E-state index contributed by atoms with van der Waals surface area (Å²) in [7, 11) is 0. The number of allylic oxidation sites excluding steroid dienone is 1. The van der Waals surface area contributed by atoms with Gasteiger partial charge in [0.1, 0.15) is 5.82 Å². The van der Waals surface area contributed by atoms with Gasteiger partial charge in [0.15, 0.2) is 0 Å². The van der Waals surface area contributed by atoms with Crippen LogP contribution in [0.5, 0.6) is 0 Å². The van der Waals surface area contributed by atoms with E-state index in [0.717, 1.165) is 24.8 Å². The number of rotatable bonds is 7. The molecule has 1 heterocycles. The van der Waals surface area contributed by atoms with Crippen molar-refractivity contribution >= 4 is 23.7 Å². The lowest BCUT2D eigenvalue weighted by Crippen LogP contribution is -2.46. The van der Waals surface area contributed by atoms with Crippen molar-refractivity contribution in [1.82, 2.24) is 4.90 Å². The zero-order chi connectivity index (χ0) is 20.1. The molecule has 2 fully saturated rings. The van der Waals surface area contributed by atoms with Crippen molar-refractivity contribution in [3.63, 3.8) is 0 Å². The Kier molecular flexibility index (Phi) is 6.65. The van der Waals surface area contributed by atoms with Crippen LogP contribution in [0.25, 0.3) is 0 Å². The first-order valence-corrected chi connectivity index (χ1v) is 11.0. The van der Waals surface area contributed by atoms with Crippen LogP contribution in [0.1, 0.15) is 43.2 Å². The Labute approximate surface area is 173 Å². The minimum Gasteiger partial charge on any atom is -0.405 e. The van der Waals surface area contributed by atoms with Crippen molar-refractivity contribution in [3.8, 4) is 0 Å². The number of nitrogens with one attached hydrogen (secondary N) is 1. The molecule has 2 aliphatic rings. The van der Waals surface area contributed by atoms with E-state index in [4.69, 9.17) is 11.1 Å². The lowest BCUT2D eigenvalue weighted by molar-refractivity contribution is 0.150. The summed E-state index contributed by atoms with van der Waals surface area (Å²) >= 11 is 2.12. The fourth-order valence-electron chi connectivity index (χ4n) is 4.45. The Morgan fingerprint density at radius 2 is 1.89 bits per heavy atom. The summed E-state index contributed by atoms with van der Waals surface area (Å²) in [6, 6.07) is 6.94. The number of likely N-dealkylation sites (tertiary alicyclic amines) is 1. The highest BCUT2D eigenvalue weighted by Crippen LogP contribution is 2.55. The van der Waals surface area contributed by atoms with Crippen LogP contribution in [-0.4, -0.2) is 34.7 Å². The van der Waals surface area contributed by atoms with E-state index in [1.165, 1.54) is 60.5 Å².